The molecule has 0 aromatic heterocycles. The quantitative estimate of drug-likeness (QED) is 0.908. The van der Waals surface area contributed by atoms with Crippen LogP contribution in [0.5, 0.6) is 11.5 Å². The van der Waals surface area contributed by atoms with Crippen molar-refractivity contribution in [1.29, 1.82) is 0 Å². The van der Waals surface area contributed by atoms with Gasteiger partial charge in [-0.2, -0.15) is 0 Å². The highest BCUT2D eigenvalue weighted by Gasteiger charge is 2.19. The second-order valence-corrected chi connectivity index (χ2v) is 5.82. The molecular weight excluding hydrogens is 320 g/mol. The van der Waals surface area contributed by atoms with E-state index in [0.717, 1.165) is 11.3 Å². The summed E-state index contributed by atoms with van der Waals surface area (Å²) in [5.41, 5.74) is 2.46. The Bertz CT molecular complexity index is 804. The van der Waals surface area contributed by atoms with Crippen molar-refractivity contribution < 1.29 is 19.1 Å². The highest BCUT2D eigenvalue weighted by molar-refractivity contribution is 5.95. The fourth-order valence-corrected chi connectivity index (χ4v) is 2.66. The maximum Gasteiger partial charge on any atom is 0.231 e. The fraction of sp³-hybridized carbons (Fsp3) is 0.263. The maximum absolute atomic E-state index is 12.2. The van der Waals surface area contributed by atoms with Gasteiger partial charge in [0.1, 0.15) is 0 Å². The van der Waals surface area contributed by atoms with E-state index in [2.05, 4.69) is 5.32 Å². The lowest BCUT2D eigenvalue weighted by molar-refractivity contribution is -0.117. The van der Waals surface area contributed by atoms with Crippen LogP contribution in [-0.4, -0.2) is 25.2 Å². The molecule has 1 aliphatic heterocycles. The van der Waals surface area contributed by atoms with Gasteiger partial charge in [-0.1, -0.05) is 18.2 Å². The number of para-hydroxylation sites is 1. The summed E-state index contributed by atoms with van der Waals surface area (Å²) >= 11 is 0. The number of nitrogens with zero attached hydrogens (tertiary/aromatic N) is 1. The zero-order valence-electron chi connectivity index (χ0n) is 14.2. The first-order valence-corrected chi connectivity index (χ1v) is 8.08. The number of aryl methyl sites for hydroxylation is 1. The average molecular weight is 340 g/mol. The molecule has 0 atom stereocenters. The van der Waals surface area contributed by atoms with E-state index in [1.165, 1.54) is 6.92 Å². The van der Waals surface area contributed by atoms with Gasteiger partial charge in [0, 0.05) is 37.3 Å². The molecule has 2 aromatic rings. The van der Waals surface area contributed by atoms with Gasteiger partial charge in [0.05, 0.1) is 0 Å². The number of carbonyl (C=O) groups excluding carboxylic acids is 2. The van der Waals surface area contributed by atoms with Crippen molar-refractivity contribution in [3.63, 3.8) is 0 Å². The number of benzene rings is 2. The summed E-state index contributed by atoms with van der Waals surface area (Å²) in [7, 11) is 0. The van der Waals surface area contributed by atoms with Crippen molar-refractivity contribution in [2.24, 2.45) is 0 Å². The van der Waals surface area contributed by atoms with Gasteiger partial charge in [-0.05, 0) is 30.7 Å². The highest BCUT2D eigenvalue weighted by Crippen LogP contribution is 2.35. The third-order valence-electron chi connectivity index (χ3n) is 4.03. The van der Waals surface area contributed by atoms with Crippen molar-refractivity contribution in [3.8, 4) is 11.5 Å². The fourth-order valence-electron chi connectivity index (χ4n) is 2.66. The predicted octanol–water partition coefficient (Wildman–Crippen LogP) is 3.11. The summed E-state index contributed by atoms with van der Waals surface area (Å²) in [6.07, 6.45) is 0.197. The van der Waals surface area contributed by atoms with E-state index in [4.69, 9.17) is 9.47 Å². The number of fused-ring (bicyclic) bond motifs is 1. The smallest absolute Gasteiger partial charge is 0.231 e. The molecule has 3 rings (SSSR count). The Balaban J connectivity index is 1.65. The van der Waals surface area contributed by atoms with Crippen molar-refractivity contribution in [1.82, 2.24) is 0 Å². The van der Waals surface area contributed by atoms with E-state index < -0.39 is 0 Å². The Labute approximate surface area is 146 Å². The van der Waals surface area contributed by atoms with Crippen LogP contribution in [0.2, 0.25) is 0 Å². The largest absolute Gasteiger partial charge is 0.454 e. The summed E-state index contributed by atoms with van der Waals surface area (Å²) in [5, 5.41) is 2.88. The summed E-state index contributed by atoms with van der Waals surface area (Å²) in [5.74, 6) is 0.988. The molecular formula is C19H20N2O4. The minimum atomic E-state index is -0.138. The van der Waals surface area contributed by atoms with E-state index in [1.54, 1.807) is 23.1 Å². The molecule has 25 heavy (non-hydrogen) atoms. The van der Waals surface area contributed by atoms with Crippen molar-refractivity contribution in [3.05, 3.63) is 48.0 Å². The van der Waals surface area contributed by atoms with Crippen LogP contribution in [0.1, 0.15) is 18.9 Å². The van der Waals surface area contributed by atoms with Crippen LogP contribution in [0.15, 0.2) is 42.5 Å². The molecule has 6 heteroatoms. The number of hydrogen-bond donors (Lipinski definition) is 1. The molecule has 2 amide bonds. The SMILES string of the molecule is CC(=O)N(CCC(=O)Nc1ccccc1C)c1ccc2c(c1)OCO2. The molecule has 0 saturated carbocycles. The zero-order chi connectivity index (χ0) is 17.8. The zero-order valence-corrected chi connectivity index (χ0v) is 14.2. The third kappa shape index (κ3) is 3.91. The number of nitrogens with one attached hydrogen (secondary N) is 1. The molecule has 1 aliphatic rings. The molecule has 0 aliphatic carbocycles. The van der Waals surface area contributed by atoms with Gasteiger partial charge < -0.3 is 19.7 Å². The first-order valence-electron chi connectivity index (χ1n) is 8.08. The number of hydrogen-bond acceptors (Lipinski definition) is 4. The summed E-state index contributed by atoms with van der Waals surface area (Å²) in [4.78, 5) is 25.8. The monoisotopic (exact) mass is 340 g/mol. The molecule has 130 valence electrons. The van der Waals surface area contributed by atoms with Crippen LogP contribution in [0.3, 0.4) is 0 Å². The molecule has 0 radical (unpaired) electrons. The van der Waals surface area contributed by atoms with Crippen LogP contribution in [0.4, 0.5) is 11.4 Å². The molecule has 0 unspecified atom stereocenters. The molecule has 0 bridgehead atoms. The Hall–Kier alpha value is -3.02. The molecule has 0 saturated heterocycles. The van der Waals surface area contributed by atoms with Gasteiger partial charge in [0.25, 0.3) is 0 Å². The van der Waals surface area contributed by atoms with Gasteiger partial charge in [-0.3, -0.25) is 9.59 Å². The van der Waals surface area contributed by atoms with E-state index in [-0.39, 0.29) is 31.6 Å². The summed E-state index contributed by atoms with van der Waals surface area (Å²) in [6.45, 7) is 3.87. The first kappa shape index (κ1) is 16.8. The van der Waals surface area contributed by atoms with E-state index >= 15 is 0 Å². The van der Waals surface area contributed by atoms with Crippen LogP contribution in [0, 0.1) is 6.92 Å². The van der Waals surface area contributed by atoms with E-state index in [9.17, 15) is 9.59 Å². The van der Waals surface area contributed by atoms with Crippen LogP contribution in [-0.2, 0) is 9.59 Å². The lowest BCUT2D eigenvalue weighted by atomic mass is 10.2. The molecule has 1 heterocycles. The lowest BCUT2D eigenvalue weighted by Gasteiger charge is -2.21. The normalized spacial score (nSPS) is 11.9. The van der Waals surface area contributed by atoms with Gasteiger partial charge in [0.15, 0.2) is 11.5 Å². The average Bonchev–Trinajstić information content (AvgIpc) is 3.04. The standard InChI is InChI=1S/C19H20N2O4/c1-13-5-3-4-6-16(13)20-19(23)9-10-21(14(2)22)15-7-8-17-18(11-15)25-12-24-17/h3-8,11H,9-10,12H2,1-2H3,(H,20,23). The van der Waals surface area contributed by atoms with Crippen molar-refractivity contribution in [2.45, 2.75) is 20.3 Å². The Morgan fingerprint density at radius 2 is 1.88 bits per heavy atom. The number of amides is 2. The highest BCUT2D eigenvalue weighted by atomic mass is 16.7. The second-order valence-electron chi connectivity index (χ2n) is 5.82. The molecule has 0 spiro atoms. The third-order valence-corrected chi connectivity index (χ3v) is 4.03. The van der Waals surface area contributed by atoms with Crippen molar-refractivity contribution in [2.75, 3.05) is 23.6 Å². The molecule has 6 nitrogen and oxygen atoms in total. The van der Waals surface area contributed by atoms with Crippen LogP contribution in [0.25, 0.3) is 0 Å². The van der Waals surface area contributed by atoms with Crippen LogP contribution >= 0.6 is 0 Å². The Morgan fingerprint density at radius 1 is 1.12 bits per heavy atom. The molecule has 0 fully saturated rings. The summed E-state index contributed by atoms with van der Waals surface area (Å²) < 4.78 is 10.6. The Morgan fingerprint density at radius 3 is 2.64 bits per heavy atom. The number of carbonyl (C=O) groups is 2. The van der Waals surface area contributed by atoms with E-state index in [0.29, 0.717) is 17.2 Å². The number of anilines is 2. The van der Waals surface area contributed by atoms with E-state index in [1.807, 2.05) is 31.2 Å². The van der Waals surface area contributed by atoms with Gasteiger partial charge >= 0.3 is 0 Å². The minimum absolute atomic E-state index is 0.137. The maximum atomic E-state index is 12.2. The first-order chi connectivity index (χ1) is 12.0. The topological polar surface area (TPSA) is 67.9 Å². The Kier molecular flexibility index (Phi) is 4.88. The van der Waals surface area contributed by atoms with Gasteiger partial charge in [-0.15, -0.1) is 0 Å². The van der Waals surface area contributed by atoms with Crippen molar-refractivity contribution >= 4 is 23.2 Å². The van der Waals surface area contributed by atoms with Crippen LogP contribution < -0.4 is 19.7 Å². The number of rotatable bonds is 5. The van der Waals surface area contributed by atoms with Gasteiger partial charge in [-0.25, -0.2) is 0 Å². The molecule has 2 aromatic carbocycles. The predicted molar refractivity (Wildman–Crippen MR) is 95.0 cm³/mol. The number of ether oxygens (including phenoxy) is 2. The lowest BCUT2D eigenvalue weighted by Crippen LogP contribution is -2.32. The minimum Gasteiger partial charge on any atom is -0.454 e. The summed E-state index contributed by atoms with van der Waals surface area (Å²) in [6, 6.07) is 12.9. The molecule has 1 N–H and O–H groups in total. The second kappa shape index (κ2) is 7.25. The van der Waals surface area contributed by atoms with Gasteiger partial charge in [0.2, 0.25) is 18.6 Å².